The summed E-state index contributed by atoms with van der Waals surface area (Å²) in [4.78, 5) is 37.4. The lowest BCUT2D eigenvalue weighted by Gasteiger charge is -2.18. The molecule has 0 radical (unpaired) electrons. The van der Waals surface area contributed by atoms with Crippen LogP contribution >= 0.6 is 0 Å². The van der Waals surface area contributed by atoms with Crippen LogP contribution in [0.4, 0.5) is 5.69 Å². The molecule has 6 nitrogen and oxygen atoms in total. The van der Waals surface area contributed by atoms with E-state index in [1.807, 2.05) is 30.6 Å². The van der Waals surface area contributed by atoms with Crippen LogP contribution in [0.3, 0.4) is 0 Å². The fourth-order valence-corrected chi connectivity index (χ4v) is 3.38. The monoisotopic (exact) mass is 386 g/mol. The van der Waals surface area contributed by atoms with E-state index in [4.69, 9.17) is 0 Å². The molecule has 144 valence electrons. The van der Waals surface area contributed by atoms with Gasteiger partial charge in [-0.1, -0.05) is 30.3 Å². The Labute approximate surface area is 168 Å². The van der Waals surface area contributed by atoms with Crippen molar-refractivity contribution in [1.82, 2.24) is 5.32 Å². The van der Waals surface area contributed by atoms with E-state index in [-0.39, 0.29) is 24.0 Å². The number of fused-ring (bicyclic) bond motifs is 2. The van der Waals surface area contributed by atoms with Gasteiger partial charge in [-0.25, -0.2) is 0 Å². The fraction of sp³-hybridized carbons (Fsp3) is 0.130. The van der Waals surface area contributed by atoms with E-state index < -0.39 is 0 Å². The van der Waals surface area contributed by atoms with Crippen molar-refractivity contribution in [2.75, 3.05) is 18.4 Å². The average Bonchev–Trinajstić information content (AvgIpc) is 2.76. The SMILES string of the molecule is O=C(C[n+]1ccccc1)NCCNc1ccc2c(c1)C(=O)c1ccccc1C2=O. The molecular weight excluding hydrogens is 366 g/mol. The molecule has 1 amide bonds. The van der Waals surface area contributed by atoms with Gasteiger partial charge in [0.25, 0.3) is 5.91 Å². The first-order chi connectivity index (χ1) is 14.1. The molecule has 2 N–H and O–H groups in total. The largest absolute Gasteiger partial charge is 0.383 e. The minimum Gasteiger partial charge on any atom is -0.383 e. The molecule has 0 bridgehead atoms. The number of anilines is 1. The highest BCUT2D eigenvalue weighted by Gasteiger charge is 2.29. The third-order valence-electron chi connectivity index (χ3n) is 4.80. The van der Waals surface area contributed by atoms with Gasteiger partial charge in [-0.05, 0) is 18.2 Å². The van der Waals surface area contributed by atoms with Crippen molar-refractivity contribution in [2.45, 2.75) is 6.54 Å². The highest BCUT2D eigenvalue weighted by atomic mass is 16.2. The highest BCUT2D eigenvalue weighted by molar-refractivity contribution is 6.28. The Morgan fingerprint density at radius 1 is 0.759 bits per heavy atom. The summed E-state index contributed by atoms with van der Waals surface area (Å²) < 4.78 is 1.80. The van der Waals surface area contributed by atoms with E-state index in [1.54, 1.807) is 47.0 Å². The van der Waals surface area contributed by atoms with Gasteiger partial charge in [-0.3, -0.25) is 14.4 Å². The van der Waals surface area contributed by atoms with E-state index in [1.165, 1.54) is 0 Å². The van der Waals surface area contributed by atoms with E-state index in [2.05, 4.69) is 10.6 Å². The average molecular weight is 386 g/mol. The maximum absolute atomic E-state index is 12.8. The summed E-state index contributed by atoms with van der Waals surface area (Å²) in [6.45, 7) is 1.21. The number of nitrogens with zero attached hydrogens (tertiary/aromatic N) is 1. The van der Waals surface area contributed by atoms with Crippen LogP contribution in [0, 0.1) is 0 Å². The predicted molar refractivity (Wildman–Crippen MR) is 108 cm³/mol. The number of benzene rings is 2. The molecule has 0 atom stereocenters. The number of aromatic nitrogens is 1. The lowest BCUT2D eigenvalue weighted by molar-refractivity contribution is -0.684. The zero-order chi connectivity index (χ0) is 20.2. The quantitative estimate of drug-likeness (QED) is 0.392. The summed E-state index contributed by atoms with van der Waals surface area (Å²) in [5.41, 5.74) is 2.45. The second-order valence-corrected chi connectivity index (χ2v) is 6.79. The second kappa shape index (κ2) is 8.06. The number of hydrogen-bond acceptors (Lipinski definition) is 4. The van der Waals surface area contributed by atoms with Crippen LogP contribution in [0.1, 0.15) is 31.8 Å². The number of carbonyl (C=O) groups is 3. The number of amides is 1. The van der Waals surface area contributed by atoms with Crippen molar-refractivity contribution in [1.29, 1.82) is 0 Å². The van der Waals surface area contributed by atoms with Gasteiger partial charge in [0.05, 0.1) is 0 Å². The van der Waals surface area contributed by atoms with Crippen LogP contribution in [0.2, 0.25) is 0 Å². The molecule has 2 aromatic carbocycles. The Morgan fingerprint density at radius 3 is 2.14 bits per heavy atom. The molecule has 4 rings (SSSR count). The van der Waals surface area contributed by atoms with E-state index >= 15 is 0 Å². The molecule has 0 saturated carbocycles. The Hall–Kier alpha value is -3.80. The van der Waals surface area contributed by atoms with Crippen LogP contribution in [0.25, 0.3) is 0 Å². The predicted octanol–water partition coefficient (Wildman–Crippen LogP) is 1.98. The third-order valence-corrected chi connectivity index (χ3v) is 4.80. The Balaban J connectivity index is 1.36. The summed E-state index contributed by atoms with van der Waals surface area (Å²) in [6, 6.07) is 17.7. The molecule has 0 saturated heterocycles. The Kier molecular flexibility index (Phi) is 5.16. The summed E-state index contributed by atoms with van der Waals surface area (Å²) in [6.07, 6.45) is 3.67. The normalized spacial score (nSPS) is 12.1. The van der Waals surface area contributed by atoms with Crippen molar-refractivity contribution in [3.63, 3.8) is 0 Å². The minimum absolute atomic E-state index is 0.0779. The molecular formula is C23H20N3O3+. The number of nitrogens with one attached hydrogen (secondary N) is 2. The van der Waals surface area contributed by atoms with Crippen molar-refractivity contribution in [2.24, 2.45) is 0 Å². The molecule has 0 aliphatic heterocycles. The minimum atomic E-state index is -0.146. The fourth-order valence-electron chi connectivity index (χ4n) is 3.38. The molecule has 1 aliphatic rings. The number of carbonyl (C=O) groups excluding carboxylic acids is 3. The zero-order valence-corrected chi connectivity index (χ0v) is 15.7. The molecule has 0 spiro atoms. The standard InChI is InChI=1S/C23H19N3O3/c27-21(15-26-12-4-1-5-13-26)25-11-10-24-16-8-9-19-20(14-16)23(29)18-7-3-2-6-17(18)22(19)28/h1-9,12-14H,10-11,15H2,(H-,24,25,27,28)/p+1. The summed E-state index contributed by atoms with van der Waals surface area (Å²) in [5.74, 6) is -0.356. The first kappa shape index (κ1) is 18.6. The lowest BCUT2D eigenvalue weighted by Crippen LogP contribution is -2.43. The van der Waals surface area contributed by atoms with Crippen LogP contribution < -0.4 is 15.2 Å². The molecule has 1 aliphatic carbocycles. The number of ketones is 2. The molecule has 1 heterocycles. The number of pyridine rings is 1. The van der Waals surface area contributed by atoms with Crippen molar-refractivity contribution in [3.05, 3.63) is 95.3 Å². The van der Waals surface area contributed by atoms with Crippen molar-refractivity contribution >= 4 is 23.2 Å². The topological polar surface area (TPSA) is 79.2 Å². The van der Waals surface area contributed by atoms with Crippen LogP contribution in [0.15, 0.2) is 73.1 Å². The first-order valence-corrected chi connectivity index (χ1v) is 9.40. The van der Waals surface area contributed by atoms with Gasteiger partial charge in [-0.2, -0.15) is 4.57 Å². The second-order valence-electron chi connectivity index (χ2n) is 6.79. The Morgan fingerprint density at radius 2 is 1.41 bits per heavy atom. The molecule has 29 heavy (non-hydrogen) atoms. The summed E-state index contributed by atoms with van der Waals surface area (Å²) >= 11 is 0. The molecule has 6 heteroatoms. The van der Waals surface area contributed by atoms with Gasteiger partial charge in [0.2, 0.25) is 6.54 Å². The first-order valence-electron chi connectivity index (χ1n) is 9.40. The maximum atomic E-state index is 12.8. The van der Waals surface area contributed by atoms with Crippen LogP contribution in [-0.4, -0.2) is 30.6 Å². The van der Waals surface area contributed by atoms with Crippen LogP contribution in [-0.2, 0) is 11.3 Å². The molecule has 3 aromatic rings. The smallest absolute Gasteiger partial charge is 0.286 e. The molecule has 0 unspecified atom stereocenters. The van der Waals surface area contributed by atoms with Gasteiger partial charge < -0.3 is 10.6 Å². The zero-order valence-electron chi connectivity index (χ0n) is 15.7. The van der Waals surface area contributed by atoms with Gasteiger partial charge in [0, 0.05) is 53.2 Å². The van der Waals surface area contributed by atoms with Gasteiger partial charge in [0.15, 0.2) is 24.0 Å². The van der Waals surface area contributed by atoms with E-state index in [0.717, 1.165) is 5.69 Å². The number of hydrogen-bond donors (Lipinski definition) is 2. The van der Waals surface area contributed by atoms with Gasteiger partial charge in [0.1, 0.15) is 0 Å². The van der Waals surface area contributed by atoms with E-state index in [9.17, 15) is 14.4 Å². The summed E-state index contributed by atoms with van der Waals surface area (Å²) in [7, 11) is 0. The van der Waals surface area contributed by atoms with Crippen LogP contribution in [0.5, 0.6) is 0 Å². The molecule has 1 aromatic heterocycles. The Bertz CT molecular complexity index is 1090. The maximum Gasteiger partial charge on any atom is 0.286 e. The highest BCUT2D eigenvalue weighted by Crippen LogP contribution is 2.28. The van der Waals surface area contributed by atoms with Gasteiger partial charge in [-0.15, -0.1) is 0 Å². The summed E-state index contributed by atoms with van der Waals surface area (Å²) in [5, 5.41) is 6.04. The third kappa shape index (κ3) is 3.91. The van der Waals surface area contributed by atoms with E-state index in [0.29, 0.717) is 35.3 Å². The number of rotatable bonds is 6. The lowest BCUT2D eigenvalue weighted by atomic mass is 9.84. The molecule has 0 fully saturated rings. The van der Waals surface area contributed by atoms with Gasteiger partial charge >= 0.3 is 0 Å². The van der Waals surface area contributed by atoms with Crippen molar-refractivity contribution < 1.29 is 19.0 Å². The van der Waals surface area contributed by atoms with Crippen molar-refractivity contribution in [3.8, 4) is 0 Å².